The highest BCUT2D eigenvalue weighted by Crippen LogP contribution is 2.06. The second-order valence-electron chi connectivity index (χ2n) is 3.20. The van der Waals surface area contributed by atoms with Gasteiger partial charge in [-0.15, -0.1) is 12.6 Å². The lowest BCUT2D eigenvalue weighted by molar-refractivity contribution is 0.908. The van der Waals surface area contributed by atoms with Crippen molar-refractivity contribution in [1.29, 1.82) is 0 Å². The number of aromatic nitrogens is 2. The van der Waals surface area contributed by atoms with Gasteiger partial charge < -0.3 is 4.98 Å². The number of H-pyrrole nitrogens is 1. The first-order valence-electron chi connectivity index (χ1n) is 4.62. The summed E-state index contributed by atoms with van der Waals surface area (Å²) in [6.45, 7) is 0. The van der Waals surface area contributed by atoms with Crippen molar-refractivity contribution in [3.63, 3.8) is 0 Å². The Morgan fingerprint density at radius 3 is 2.57 bits per heavy atom. The highest BCUT2D eigenvalue weighted by atomic mass is 32.1. The van der Waals surface area contributed by atoms with Crippen LogP contribution in [-0.2, 0) is 12.8 Å². The first kappa shape index (κ1) is 9.34. The van der Waals surface area contributed by atoms with Crippen LogP contribution in [0.3, 0.4) is 0 Å². The fourth-order valence-electron chi connectivity index (χ4n) is 1.39. The van der Waals surface area contributed by atoms with Gasteiger partial charge >= 0.3 is 0 Å². The second-order valence-corrected chi connectivity index (χ2v) is 3.62. The minimum Gasteiger partial charge on any atom is -0.340 e. The van der Waals surface area contributed by atoms with Crippen molar-refractivity contribution in [2.45, 2.75) is 18.0 Å². The molecule has 0 bridgehead atoms. The molecule has 0 saturated carbocycles. The summed E-state index contributed by atoms with van der Waals surface area (Å²) in [5.74, 6) is 0. The van der Waals surface area contributed by atoms with Gasteiger partial charge in [-0.3, -0.25) is 0 Å². The molecule has 0 fully saturated rings. The number of aryl methyl sites for hydroxylation is 2. The summed E-state index contributed by atoms with van der Waals surface area (Å²) >= 11 is 4.12. The van der Waals surface area contributed by atoms with Crippen molar-refractivity contribution in [3.8, 4) is 0 Å². The van der Waals surface area contributed by atoms with Gasteiger partial charge in [0.05, 0.1) is 5.69 Å². The first-order valence-corrected chi connectivity index (χ1v) is 5.06. The zero-order chi connectivity index (χ0) is 9.80. The van der Waals surface area contributed by atoms with E-state index in [-0.39, 0.29) is 0 Å². The van der Waals surface area contributed by atoms with Crippen molar-refractivity contribution in [2.24, 2.45) is 0 Å². The minimum atomic E-state index is 0.688. The Kier molecular flexibility index (Phi) is 2.89. The summed E-state index contributed by atoms with van der Waals surface area (Å²) in [5.41, 5.74) is 2.41. The minimum absolute atomic E-state index is 0.688. The molecule has 1 N–H and O–H groups in total. The molecule has 1 aromatic heterocycles. The summed E-state index contributed by atoms with van der Waals surface area (Å²) in [5, 5.41) is 0.688. The number of rotatable bonds is 3. The van der Waals surface area contributed by atoms with Gasteiger partial charge in [0.2, 0.25) is 0 Å². The molecular formula is C11H12N2S. The molecule has 0 unspecified atom stereocenters. The monoisotopic (exact) mass is 204 g/mol. The van der Waals surface area contributed by atoms with Crippen molar-refractivity contribution in [3.05, 3.63) is 47.8 Å². The van der Waals surface area contributed by atoms with Crippen LogP contribution < -0.4 is 0 Å². The van der Waals surface area contributed by atoms with E-state index in [0.717, 1.165) is 18.5 Å². The van der Waals surface area contributed by atoms with E-state index in [9.17, 15) is 0 Å². The highest BCUT2D eigenvalue weighted by molar-refractivity contribution is 7.80. The third-order valence-electron chi connectivity index (χ3n) is 2.13. The lowest BCUT2D eigenvalue weighted by atomic mass is 10.1. The van der Waals surface area contributed by atoms with Gasteiger partial charge in [-0.1, -0.05) is 30.3 Å². The molecule has 0 aliphatic heterocycles. The Balaban J connectivity index is 1.95. The van der Waals surface area contributed by atoms with Crippen molar-refractivity contribution >= 4 is 12.6 Å². The molecule has 1 aromatic carbocycles. The zero-order valence-electron chi connectivity index (χ0n) is 7.77. The normalized spacial score (nSPS) is 10.4. The maximum atomic E-state index is 4.23. The van der Waals surface area contributed by atoms with Crippen LogP contribution in [0.25, 0.3) is 0 Å². The van der Waals surface area contributed by atoms with Gasteiger partial charge in [-0.25, -0.2) is 4.98 Å². The van der Waals surface area contributed by atoms with Crippen LogP contribution in [0, 0.1) is 0 Å². The molecule has 2 nitrogen and oxygen atoms in total. The van der Waals surface area contributed by atoms with Crippen LogP contribution in [-0.4, -0.2) is 9.97 Å². The molecule has 0 radical (unpaired) electrons. The van der Waals surface area contributed by atoms with Crippen LogP contribution in [0.5, 0.6) is 0 Å². The van der Waals surface area contributed by atoms with Crippen molar-refractivity contribution in [2.75, 3.05) is 0 Å². The van der Waals surface area contributed by atoms with Gasteiger partial charge in [0, 0.05) is 6.20 Å². The number of aromatic amines is 1. The number of nitrogens with one attached hydrogen (secondary N) is 1. The Labute approximate surface area is 88.8 Å². The summed E-state index contributed by atoms with van der Waals surface area (Å²) < 4.78 is 0. The summed E-state index contributed by atoms with van der Waals surface area (Å²) in [6.07, 6.45) is 3.89. The summed E-state index contributed by atoms with van der Waals surface area (Å²) in [6, 6.07) is 10.4. The lowest BCUT2D eigenvalue weighted by Gasteiger charge is -1.97. The first-order chi connectivity index (χ1) is 6.84. The van der Waals surface area contributed by atoms with E-state index in [2.05, 4.69) is 46.9 Å². The van der Waals surface area contributed by atoms with Gasteiger partial charge in [0.25, 0.3) is 0 Å². The molecule has 0 saturated heterocycles. The van der Waals surface area contributed by atoms with E-state index in [1.54, 1.807) is 0 Å². The fourth-order valence-corrected chi connectivity index (χ4v) is 1.59. The van der Waals surface area contributed by atoms with E-state index in [4.69, 9.17) is 0 Å². The average Bonchev–Trinajstić information content (AvgIpc) is 2.63. The topological polar surface area (TPSA) is 28.7 Å². The third-order valence-corrected chi connectivity index (χ3v) is 2.36. The quantitative estimate of drug-likeness (QED) is 0.739. The number of nitrogens with zero attached hydrogens (tertiary/aromatic N) is 1. The molecule has 0 spiro atoms. The van der Waals surface area contributed by atoms with Gasteiger partial charge in [0.1, 0.15) is 0 Å². The molecule has 0 aliphatic carbocycles. The van der Waals surface area contributed by atoms with Crippen LogP contribution in [0.15, 0.2) is 41.7 Å². The SMILES string of the molecule is Sc1nc(CCc2ccccc2)c[nH]1. The number of thiol groups is 1. The maximum Gasteiger partial charge on any atom is 0.162 e. The molecule has 72 valence electrons. The van der Waals surface area contributed by atoms with Crippen molar-refractivity contribution < 1.29 is 0 Å². The summed E-state index contributed by atoms with van der Waals surface area (Å²) in [4.78, 5) is 7.19. The average molecular weight is 204 g/mol. The van der Waals surface area contributed by atoms with E-state index in [1.165, 1.54) is 5.56 Å². The molecule has 1 heterocycles. The van der Waals surface area contributed by atoms with E-state index < -0.39 is 0 Å². The molecular weight excluding hydrogens is 192 g/mol. The Hall–Kier alpha value is -1.22. The highest BCUT2D eigenvalue weighted by Gasteiger charge is 1.98. The Morgan fingerprint density at radius 2 is 1.93 bits per heavy atom. The van der Waals surface area contributed by atoms with Gasteiger partial charge in [0.15, 0.2) is 5.16 Å². The maximum absolute atomic E-state index is 4.23. The number of imidazole rings is 1. The molecule has 0 amide bonds. The fraction of sp³-hybridized carbons (Fsp3) is 0.182. The second kappa shape index (κ2) is 4.33. The number of benzene rings is 1. The van der Waals surface area contributed by atoms with E-state index in [1.807, 2.05) is 12.3 Å². The van der Waals surface area contributed by atoms with E-state index >= 15 is 0 Å². The molecule has 2 aromatic rings. The lowest BCUT2D eigenvalue weighted by Crippen LogP contribution is -1.90. The third kappa shape index (κ3) is 2.39. The molecule has 2 rings (SSSR count). The standard InChI is InChI=1S/C11H12N2S/c14-11-12-8-10(13-11)7-6-9-4-2-1-3-5-9/h1-5,8H,6-7H2,(H2,12,13,14). The smallest absolute Gasteiger partial charge is 0.162 e. The van der Waals surface area contributed by atoms with Crippen molar-refractivity contribution in [1.82, 2.24) is 9.97 Å². The Bertz CT molecular complexity index is 395. The largest absolute Gasteiger partial charge is 0.340 e. The zero-order valence-corrected chi connectivity index (χ0v) is 8.67. The van der Waals surface area contributed by atoms with Crippen LogP contribution >= 0.6 is 12.6 Å². The Morgan fingerprint density at radius 1 is 1.14 bits per heavy atom. The molecule has 14 heavy (non-hydrogen) atoms. The molecule has 3 heteroatoms. The predicted octanol–water partition coefficient (Wildman–Crippen LogP) is 2.48. The number of hydrogen-bond acceptors (Lipinski definition) is 2. The van der Waals surface area contributed by atoms with Crippen LogP contribution in [0.2, 0.25) is 0 Å². The van der Waals surface area contributed by atoms with Crippen LogP contribution in [0.4, 0.5) is 0 Å². The van der Waals surface area contributed by atoms with Crippen LogP contribution in [0.1, 0.15) is 11.3 Å². The predicted molar refractivity (Wildman–Crippen MR) is 59.7 cm³/mol. The molecule has 0 atom stereocenters. The summed E-state index contributed by atoms with van der Waals surface area (Å²) in [7, 11) is 0. The number of hydrogen-bond donors (Lipinski definition) is 2. The van der Waals surface area contributed by atoms with Gasteiger partial charge in [-0.2, -0.15) is 0 Å². The van der Waals surface area contributed by atoms with E-state index in [0.29, 0.717) is 5.16 Å². The molecule has 0 aliphatic rings. The van der Waals surface area contributed by atoms with Gasteiger partial charge in [-0.05, 0) is 18.4 Å².